The molecule has 1 fully saturated rings. The number of benzene rings is 1. The normalized spacial score (nSPS) is 14.6. The average Bonchev–Trinajstić information content (AvgIpc) is 3.30. The topological polar surface area (TPSA) is 62.9 Å². The summed E-state index contributed by atoms with van der Waals surface area (Å²) < 4.78 is 7.75. The van der Waals surface area contributed by atoms with E-state index in [0.29, 0.717) is 17.5 Å². The summed E-state index contributed by atoms with van der Waals surface area (Å²) in [5, 5.41) is 13.9. The Hall–Kier alpha value is -3.00. The van der Waals surface area contributed by atoms with Gasteiger partial charge < -0.3 is 14.6 Å². The molecular formula is C20H20N4O. The van der Waals surface area contributed by atoms with Crippen LogP contribution in [0.5, 0.6) is 5.88 Å². The molecule has 0 spiro atoms. The molecule has 126 valence electrons. The highest BCUT2D eigenvalue weighted by molar-refractivity contribution is 6.01. The molecular weight excluding hydrogens is 312 g/mol. The van der Waals surface area contributed by atoms with Gasteiger partial charge in [0, 0.05) is 17.9 Å². The first kappa shape index (κ1) is 15.5. The lowest BCUT2D eigenvalue weighted by atomic mass is 10.2. The van der Waals surface area contributed by atoms with Gasteiger partial charge in [-0.05, 0) is 25.0 Å². The standard InChI is InChI=1S/C20H20N4O/c1-25-20-18-17(23-15-7-3-2-4-8-15)13-24(16-9-5-6-10-16)19(18)14(11-21)12-22-20/h2-4,7-8,12-13,16,23H,5-6,9-10H2,1H3. The number of nitriles is 1. The molecule has 25 heavy (non-hydrogen) atoms. The molecule has 3 aromatic rings. The van der Waals surface area contributed by atoms with Crippen LogP contribution in [0.15, 0.2) is 42.7 Å². The van der Waals surface area contributed by atoms with Gasteiger partial charge in [-0.3, -0.25) is 0 Å². The summed E-state index contributed by atoms with van der Waals surface area (Å²) >= 11 is 0. The molecule has 0 radical (unpaired) electrons. The Balaban J connectivity index is 1.94. The number of rotatable bonds is 4. The summed E-state index contributed by atoms with van der Waals surface area (Å²) in [5.74, 6) is 0.546. The number of anilines is 2. The first-order valence-corrected chi connectivity index (χ1v) is 8.61. The third-order valence-electron chi connectivity index (χ3n) is 4.90. The van der Waals surface area contributed by atoms with Crippen molar-refractivity contribution in [3.05, 3.63) is 48.3 Å². The second kappa shape index (κ2) is 6.48. The van der Waals surface area contributed by atoms with Crippen molar-refractivity contribution in [3.8, 4) is 11.9 Å². The Morgan fingerprint density at radius 3 is 2.68 bits per heavy atom. The van der Waals surface area contributed by atoms with E-state index in [1.807, 2.05) is 30.3 Å². The fraction of sp³-hybridized carbons (Fsp3) is 0.300. The van der Waals surface area contributed by atoms with Crippen LogP contribution >= 0.6 is 0 Å². The largest absolute Gasteiger partial charge is 0.480 e. The van der Waals surface area contributed by atoms with Gasteiger partial charge in [0.05, 0.1) is 35.5 Å². The van der Waals surface area contributed by atoms with Crippen molar-refractivity contribution < 1.29 is 4.74 Å². The highest BCUT2D eigenvalue weighted by Crippen LogP contribution is 2.41. The van der Waals surface area contributed by atoms with E-state index in [4.69, 9.17) is 4.74 Å². The van der Waals surface area contributed by atoms with Gasteiger partial charge in [-0.25, -0.2) is 4.98 Å². The van der Waals surface area contributed by atoms with Crippen molar-refractivity contribution in [1.29, 1.82) is 5.26 Å². The summed E-state index contributed by atoms with van der Waals surface area (Å²) in [6, 6.07) is 12.7. The summed E-state index contributed by atoms with van der Waals surface area (Å²) in [4.78, 5) is 4.34. The van der Waals surface area contributed by atoms with Crippen LogP contribution in [-0.2, 0) is 0 Å². The SMILES string of the molecule is COc1ncc(C#N)c2c1c(Nc1ccccc1)cn2C1CCCC1. The van der Waals surface area contributed by atoms with Gasteiger partial charge in [0.1, 0.15) is 6.07 Å². The molecule has 1 N–H and O–H groups in total. The van der Waals surface area contributed by atoms with Crippen molar-refractivity contribution in [2.75, 3.05) is 12.4 Å². The Morgan fingerprint density at radius 2 is 2.00 bits per heavy atom. The van der Waals surface area contributed by atoms with Crippen LogP contribution in [-0.4, -0.2) is 16.7 Å². The van der Waals surface area contributed by atoms with E-state index < -0.39 is 0 Å². The van der Waals surface area contributed by atoms with Crippen LogP contribution in [0.1, 0.15) is 37.3 Å². The molecule has 2 heterocycles. The molecule has 0 amide bonds. The van der Waals surface area contributed by atoms with E-state index in [1.165, 1.54) is 12.8 Å². The summed E-state index contributed by atoms with van der Waals surface area (Å²) in [6.07, 6.45) is 8.47. The highest BCUT2D eigenvalue weighted by atomic mass is 16.5. The van der Waals surface area contributed by atoms with Crippen LogP contribution in [0.2, 0.25) is 0 Å². The van der Waals surface area contributed by atoms with E-state index >= 15 is 0 Å². The minimum atomic E-state index is 0.424. The lowest BCUT2D eigenvalue weighted by Crippen LogP contribution is -2.04. The molecule has 5 nitrogen and oxygen atoms in total. The zero-order chi connectivity index (χ0) is 17.2. The predicted molar refractivity (Wildman–Crippen MR) is 98.2 cm³/mol. The maximum absolute atomic E-state index is 9.60. The van der Waals surface area contributed by atoms with Crippen molar-refractivity contribution in [1.82, 2.24) is 9.55 Å². The number of hydrogen-bond donors (Lipinski definition) is 1. The van der Waals surface area contributed by atoms with E-state index in [1.54, 1.807) is 13.3 Å². The van der Waals surface area contributed by atoms with Gasteiger partial charge in [-0.1, -0.05) is 31.0 Å². The molecule has 5 heteroatoms. The smallest absolute Gasteiger partial charge is 0.224 e. The van der Waals surface area contributed by atoms with E-state index in [0.717, 1.165) is 35.1 Å². The molecule has 0 atom stereocenters. The number of nitrogens with zero attached hydrogens (tertiary/aromatic N) is 3. The van der Waals surface area contributed by atoms with Crippen molar-refractivity contribution in [2.45, 2.75) is 31.7 Å². The Morgan fingerprint density at radius 1 is 1.24 bits per heavy atom. The minimum absolute atomic E-state index is 0.424. The molecule has 4 rings (SSSR count). The molecule has 1 aliphatic carbocycles. The lowest BCUT2D eigenvalue weighted by Gasteiger charge is -2.14. The fourth-order valence-electron chi connectivity index (χ4n) is 3.74. The number of para-hydroxylation sites is 1. The van der Waals surface area contributed by atoms with Crippen LogP contribution in [0.25, 0.3) is 10.9 Å². The third kappa shape index (κ3) is 2.70. The minimum Gasteiger partial charge on any atom is -0.480 e. The predicted octanol–water partition coefficient (Wildman–Crippen LogP) is 4.78. The molecule has 1 saturated carbocycles. The lowest BCUT2D eigenvalue weighted by molar-refractivity contribution is 0.403. The molecule has 0 aliphatic heterocycles. The van der Waals surface area contributed by atoms with Gasteiger partial charge in [0.25, 0.3) is 0 Å². The van der Waals surface area contributed by atoms with Gasteiger partial charge >= 0.3 is 0 Å². The van der Waals surface area contributed by atoms with Crippen LogP contribution in [0, 0.1) is 11.3 Å². The highest BCUT2D eigenvalue weighted by Gasteiger charge is 2.24. The zero-order valence-corrected chi connectivity index (χ0v) is 14.2. The van der Waals surface area contributed by atoms with Gasteiger partial charge in [-0.2, -0.15) is 5.26 Å². The summed E-state index contributed by atoms with van der Waals surface area (Å²) in [6.45, 7) is 0. The van der Waals surface area contributed by atoms with Crippen molar-refractivity contribution >= 4 is 22.3 Å². The maximum Gasteiger partial charge on any atom is 0.224 e. The van der Waals surface area contributed by atoms with Gasteiger partial charge in [0.15, 0.2) is 0 Å². The number of aromatic nitrogens is 2. The second-order valence-electron chi connectivity index (χ2n) is 6.40. The average molecular weight is 332 g/mol. The quantitative estimate of drug-likeness (QED) is 0.747. The van der Waals surface area contributed by atoms with Gasteiger partial charge in [0.2, 0.25) is 5.88 Å². The first-order valence-electron chi connectivity index (χ1n) is 8.61. The van der Waals surface area contributed by atoms with Crippen LogP contribution < -0.4 is 10.1 Å². The maximum atomic E-state index is 9.60. The number of fused-ring (bicyclic) bond motifs is 1. The number of nitrogens with one attached hydrogen (secondary N) is 1. The summed E-state index contributed by atoms with van der Waals surface area (Å²) in [7, 11) is 1.62. The van der Waals surface area contributed by atoms with Crippen LogP contribution in [0.4, 0.5) is 11.4 Å². The van der Waals surface area contributed by atoms with E-state index in [-0.39, 0.29) is 0 Å². The van der Waals surface area contributed by atoms with Crippen molar-refractivity contribution in [2.24, 2.45) is 0 Å². The molecule has 0 unspecified atom stereocenters. The van der Waals surface area contributed by atoms with E-state index in [9.17, 15) is 5.26 Å². The number of hydrogen-bond acceptors (Lipinski definition) is 4. The Labute approximate surface area is 146 Å². The number of ether oxygens (including phenoxy) is 1. The molecule has 2 aromatic heterocycles. The molecule has 0 saturated heterocycles. The Bertz CT molecular complexity index is 934. The Kier molecular flexibility index (Phi) is 4.02. The van der Waals surface area contributed by atoms with E-state index in [2.05, 4.69) is 27.1 Å². The second-order valence-corrected chi connectivity index (χ2v) is 6.40. The van der Waals surface area contributed by atoms with Gasteiger partial charge in [-0.15, -0.1) is 0 Å². The third-order valence-corrected chi connectivity index (χ3v) is 4.90. The number of methoxy groups -OCH3 is 1. The first-order chi connectivity index (χ1) is 12.3. The monoisotopic (exact) mass is 332 g/mol. The molecule has 1 aromatic carbocycles. The molecule has 1 aliphatic rings. The summed E-state index contributed by atoms with van der Waals surface area (Å²) in [5.41, 5.74) is 3.43. The van der Waals surface area contributed by atoms with Crippen molar-refractivity contribution in [3.63, 3.8) is 0 Å². The number of pyridine rings is 1. The van der Waals surface area contributed by atoms with Crippen LogP contribution in [0.3, 0.4) is 0 Å². The zero-order valence-electron chi connectivity index (χ0n) is 14.2. The fourth-order valence-corrected chi connectivity index (χ4v) is 3.74. The molecule has 0 bridgehead atoms.